The van der Waals surface area contributed by atoms with Crippen molar-refractivity contribution in [2.45, 2.75) is 18.9 Å². The van der Waals surface area contributed by atoms with Gasteiger partial charge < -0.3 is 16.0 Å². The van der Waals surface area contributed by atoms with Crippen LogP contribution in [0.15, 0.2) is 24.3 Å². The lowest BCUT2D eigenvalue weighted by molar-refractivity contribution is -0.119. The summed E-state index contributed by atoms with van der Waals surface area (Å²) in [5.74, 6) is -0.435. The minimum Gasteiger partial charge on any atom is -0.369 e. The zero-order valence-electron chi connectivity index (χ0n) is 12.6. The first-order chi connectivity index (χ1) is 11.0. The Bertz CT molecular complexity index is 735. The number of nitrogens with one attached hydrogen (secondary N) is 2. The number of aromatic amines is 1. The number of fused-ring (bicyclic) bond motifs is 1. The van der Waals surface area contributed by atoms with Crippen LogP contribution in [0.1, 0.15) is 23.3 Å². The van der Waals surface area contributed by atoms with E-state index in [9.17, 15) is 9.59 Å². The summed E-state index contributed by atoms with van der Waals surface area (Å²) in [4.78, 5) is 28.4. The molecular weight excluding hydrogens is 316 g/mol. The molecule has 0 aliphatic carbocycles. The standard InChI is InChI=1S/C16H19ClN4O2/c17-11-2-1-10-7-14(20-13(10)8-11)16(23)19-12-3-5-21(6-4-12)9-15(18)22/h1-2,7-8,12,20H,3-6,9H2,(H2,18,22)(H,19,23). The van der Waals surface area contributed by atoms with Gasteiger partial charge in [0.15, 0.2) is 0 Å². The molecule has 3 rings (SSSR count). The van der Waals surface area contributed by atoms with Gasteiger partial charge in [-0.1, -0.05) is 17.7 Å². The van der Waals surface area contributed by atoms with Crippen molar-refractivity contribution in [3.8, 4) is 0 Å². The van der Waals surface area contributed by atoms with Crippen LogP contribution < -0.4 is 11.1 Å². The maximum Gasteiger partial charge on any atom is 0.267 e. The Labute approximate surface area is 139 Å². The van der Waals surface area contributed by atoms with Crippen molar-refractivity contribution in [1.82, 2.24) is 15.2 Å². The molecule has 0 unspecified atom stereocenters. The van der Waals surface area contributed by atoms with E-state index < -0.39 is 0 Å². The fraction of sp³-hybridized carbons (Fsp3) is 0.375. The molecule has 0 bridgehead atoms. The molecule has 0 spiro atoms. The third-order valence-electron chi connectivity index (χ3n) is 4.13. The Hall–Kier alpha value is -2.05. The summed E-state index contributed by atoms with van der Waals surface area (Å²) in [6, 6.07) is 7.42. The van der Waals surface area contributed by atoms with Crippen molar-refractivity contribution in [3.05, 3.63) is 35.0 Å². The Morgan fingerprint density at radius 1 is 1.30 bits per heavy atom. The fourth-order valence-electron chi connectivity index (χ4n) is 2.94. The van der Waals surface area contributed by atoms with Gasteiger partial charge in [-0.05, 0) is 31.0 Å². The van der Waals surface area contributed by atoms with E-state index in [2.05, 4.69) is 10.3 Å². The molecule has 2 amide bonds. The summed E-state index contributed by atoms with van der Waals surface area (Å²) in [5.41, 5.74) is 6.57. The van der Waals surface area contributed by atoms with E-state index in [4.69, 9.17) is 17.3 Å². The summed E-state index contributed by atoms with van der Waals surface area (Å²) in [7, 11) is 0. The number of carbonyl (C=O) groups is 2. The minimum absolute atomic E-state index is 0.113. The van der Waals surface area contributed by atoms with Crippen LogP contribution in [-0.2, 0) is 4.79 Å². The van der Waals surface area contributed by atoms with E-state index >= 15 is 0 Å². The van der Waals surface area contributed by atoms with E-state index in [1.165, 1.54) is 0 Å². The Balaban J connectivity index is 1.59. The third kappa shape index (κ3) is 3.83. The second-order valence-corrected chi connectivity index (χ2v) is 6.34. The summed E-state index contributed by atoms with van der Waals surface area (Å²) >= 11 is 5.95. The number of primary amides is 1. The highest BCUT2D eigenvalue weighted by Crippen LogP contribution is 2.20. The van der Waals surface area contributed by atoms with Crippen molar-refractivity contribution in [3.63, 3.8) is 0 Å². The average molecular weight is 335 g/mol. The number of aromatic nitrogens is 1. The molecule has 0 atom stereocenters. The van der Waals surface area contributed by atoms with Crippen molar-refractivity contribution < 1.29 is 9.59 Å². The van der Waals surface area contributed by atoms with Crippen LogP contribution in [0, 0.1) is 0 Å². The highest BCUT2D eigenvalue weighted by Gasteiger charge is 2.22. The Morgan fingerprint density at radius 3 is 2.74 bits per heavy atom. The van der Waals surface area contributed by atoms with E-state index in [1.807, 2.05) is 17.0 Å². The molecule has 1 aliphatic heterocycles. The highest BCUT2D eigenvalue weighted by atomic mass is 35.5. The number of nitrogens with zero attached hydrogens (tertiary/aromatic N) is 1. The molecule has 7 heteroatoms. The van der Waals surface area contributed by atoms with Gasteiger partial charge in [-0.2, -0.15) is 0 Å². The third-order valence-corrected chi connectivity index (χ3v) is 4.37. The summed E-state index contributed by atoms with van der Waals surface area (Å²) < 4.78 is 0. The summed E-state index contributed by atoms with van der Waals surface area (Å²) in [5, 5.41) is 4.63. The number of hydrogen-bond acceptors (Lipinski definition) is 3. The largest absolute Gasteiger partial charge is 0.369 e. The Kier molecular flexibility index (Phi) is 4.54. The lowest BCUT2D eigenvalue weighted by atomic mass is 10.0. The molecule has 2 aromatic rings. The zero-order chi connectivity index (χ0) is 16.4. The van der Waals surface area contributed by atoms with Crippen molar-refractivity contribution in [2.75, 3.05) is 19.6 Å². The fourth-order valence-corrected chi connectivity index (χ4v) is 3.11. The number of carbonyl (C=O) groups excluding carboxylic acids is 2. The van der Waals surface area contributed by atoms with Gasteiger partial charge in [0.05, 0.1) is 6.54 Å². The summed E-state index contributed by atoms with van der Waals surface area (Å²) in [6.45, 7) is 1.80. The molecule has 2 heterocycles. The van der Waals surface area contributed by atoms with Crippen molar-refractivity contribution >= 4 is 34.3 Å². The molecule has 4 N–H and O–H groups in total. The SMILES string of the molecule is NC(=O)CN1CCC(NC(=O)c2cc3ccc(Cl)cc3[nH]2)CC1. The lowest BCUT2D eigenvalue weighted by Gasteiger charge is -2.31. The van der Waals surface area contributed by atoms with Gasteiger partial charge in [0, 0.05) is 35.1 Å². The van der Waals surface area contributed by atoms with Gasteiger partial charge in [-0.15, -0.1) is 0 Å². The predicted molar refractivity (Wildman–Crippen MR) is 89.4 cm³/mol. The monoisotopic (exact) mass is 334 g/mol. The van der Waals surface area contributed by atoms with E-state index in [-0.39, 0.29) is 24.4 Å². The number of halogens is 1. The van der Waals surface area contributed by atoms with Crippen LogP contribution in [0.25, 0.3) is 10.9 Å². The number of benzene rings is 1. The molecule has 0 radical (unpaired) electrons. The topological polar surface area (TPSA) is 91.2 Å². The van der Waals surface area contributed by atoms with Crippen molar-refractivity contribution in [2.24, 2.45) is 5.73 Å². The molecule has 1 aliphatic rings. The maximum atomic E-state index is 12.4. The molecule has 0 saturated carbocycles. The first kappa shape index (κ1) is 15.8. The van der Waals surface area contributed by atoms with Crippen LogP contribution >= 0.6 is 11.6 Å². The van der Waals surface area contributed by atoms with E-state index in [0.717, 1.165) is 36.8 Å². The normalized spacial score (nSPS) is 16.6. The van der Waals surface area contributed by atoms with Crippen molar-refractivity contribution in [1.29, 1.82) is 0 Å². The molecule has 122 valence electrons. The van der Waals surface area contributed by atoms with Crippen LogP contribution in [0.2, 0.25) is 5.02 Å². The smallest absolute Gasteiger partial charge is 0.267 e. The number of amides is 2. The average Bonchev–Trinajstić information content (AvgIpc) is 2.92. The number of nitrogens with two attached hydrogens (primary N) is 1. The molecular formula is C16H19ClN4O2. The lowest BCUT2D eigenvalue weighted by Crippen LogP contribution is -2.46. The van der Waals surface area contributed by atoms with Crippen LogP contribution in [0.5, 0.6) is 0 Å². The molecule has 1 aromatic carbocycles. The number of piperidine rings is 1. The summed E-state index contributed by atoms with van der Waals surface area (Å²) in [6.07, 6.45) is 1.62. The maximum absolute atomic E-state index is 12.4. The van der Waals surface area contributed by atoms with Gasteiger partial charge in [0.2, 0.25) is 5.91 Å². The predicted octanol–water partition coefficient (Wildman–Crippen LogP) is 1.50. The van der Waals surface area contributed by atoms with Crippen LogP contribution in [0.3, 0.4) is 0 Å². The molecule has 23 heavy (non-hydrogen) atoms. The first-order valence-electron chi connectivity index (χ1n) is 7.61. The number of rotatable bonds is 4. The second kappa shape index (κ2) is 6.60. The quantitative estimate of drug-likeness (QED) is 0.791. The van der Waals surface area contributed by atoms with Gasteiger partial charge in [0.1, 0.15) is 5.69 Å². The van der Waals surface area contributed by atoms with E-state index in [1.54, 1.807) is 12.1 Å². The second-order valence-electron chi connectivity index (χ2n) is 5.90. The number of likely N-dealkylation sites (tertiary alicyclic amines) is 1. The van der Waals surface area contributed by atoms with E-state index in [0.29, 0.717) is 10.7 Å². The van der Waals surface area contributed by atoms with Gasteiger partial charge in [-0.3, -0.25) is 14.5 Å². The molecule has 1 saturated heterocycles. The first-order valence-corrected chi connectivity index (χ1v) is 7.99. The van der Waals surface area contributed by atoms with Gasteiger partial charge in [-0.25, -0.2) is 0 Å². The minimum atomic E-state index is -0.316. The van der Waals surface area contributed by atoms with Gasteiger partial charge in [0.25, 0.3) is 5.91 Å². The highest BCUT2D eigenvalue weighted by molar-refractivity contribution is 6.31. The Morgan fingerprint density at radius 2 is 2.04 bits per heavy atom. The van der Waals surface area contributed by atoms with Crippen LogP contribution in [0.4, 0.5) is 0 Å². The zero-order valence-corrected chi connectivity index (χ0v) is 13.4. The molecule has 1 fully saturated rings. The number of H-pyrrole nitrogens is 1. The van der Waals surface area contributed by atoms with Crippen LogP contribution in [-0.4, -0.2) is 47.4 Å². The van der Waals surface area contributed by atoms with Gasteiger partial charge >= 0.3 is 0 Å². The number of hydrogen-bond donors (Lipinski definition) is 3. The molecule has 6 nitrogen and oxygen atoms in total. The molecule has 1 aromatic heterocycles.